The number of rotatable bonds is 6. The second-order valence-corrected chi connectivity index (χ2v) is 6.66. The summed E-state index contributed by atoms with van der Waals surface area (Å²) < 4.78 is 18.7. The molecule has 146 valence electrons. The molecule has 0 aromatic heterocycles. The third kappa shape index (κ3) is 4.19. The smallest absolute Gasteiger partial charge is 0.251 e. The van der Waals surface area contributed by atoms with Crippen LogP contribution in [0.2, 0.25) is 0 Å². The molecule has 0 spiro atoms. The van der Waals surface area contributed by atoms with Crippen molar-refractivity contribution >= 4 is 17.7 Å². The Hall–Kier alpha value is -3.22. The second-order valence-electron chi connectivity index (χ2n) is 6.66. The summed E-state index contributed by atoms with van der Waals surface area (Å²) in [6.07, 6.45) is 0.506. The molecule has 3 rings (SSSR count). The standard InChI is InChI=1S/C21H21FN2O4/c1-13(16-7-8-18(28-2)17(22)11-16)23-21(27)15-5-3-14(4-6-15)12-24-19(25)9-10-20(24)26/h3-8,11,13H,9-10,12H2,1-2H3,(H,23,27)/t13-/m1/s1. The first-order chi connectivity index (χ1) is 13.4. The third-order valence-corrected chi connectivity index (χ3v) is 4.74. The maximum Gasteiger partial charge on any atom is 0.251 e. The summed E-state index contributed by atoms with van der Waals surface area (Å²) in [5, 5.41) is 2.82. The van der Waals surface area contributed by atoms with Crippen LogP contribution in [0.15, 0.2) is 42.5 Å². The number of carbonyl (C=O) groups is 3. The zero-order valence-electron chi connectivity index (χ0n) is 15.7. The van der Waals surface area contributed by atoms with E-state index in [0.29, 0.717) is 11.1 Å². The lowest BCUT2D eigenvalue weighted by atomic mass is 10.1. The van der Waals surface area contributed by atoms with Crippen molar-refractivity contribution in [1.29, 1.82) is 0 Å². The van der Waals surface area contributed by atoms with Gasteiger partial charge in [0.2, 0.25) is 11.8 Å². The van der Waals surface area contributed by atoms with Crippen LogP contribution in [0.1, 0.15) is 47.3 Å². The molecule has 0 saturated carbocycles. The molecule has 1 fully saturated rings. The first-order valence-corrected chi connectivity index (χ1v) is 8.95. The van der Waals surface area contributed by atoms with Crippen LogP contribution in [0.4, 0.5) is 4.39 Å². The maximum absolute atomic E-state index is 13.8. The van der Waals surface area contributed by atoms with Crippen LogP contribution in [0, 0.1) is 5.82 Å². The minimum absolute atomic E-state index is 0.146. The van der Waals surface area contributed by atoms with Gasteiger partial charge in [-0.1, -0.05) is 18.2 Å². The van der Waals surface area contributed by atoms with E-state index in [9.17, 15) is 18.8 Å². The fourth-order valence-electron chi connectivity index (χ4n) is 3.06. The van der Waals surface area contributed by atoms with Crippen molar-refractivity contribution in [2.24, 2.45) is 0 Å². The van der Waals surface area contributed by atoms with Crippen LogP contribution in [0.25, 0.3) is 0 Å². The van der Waals surface area contributed by atoms with Gasteiger partial charge in [-0.3, -0.25) is 19.3 Å². The fourth-order valence-corrected chi connectivity index (χ4v) is 3.06. The van der Waals surface area contributed by atoms with Crippen molar-refractivity contribution in [2.75, 3.05) is 7.11 Å². The Morgan fingerprint density at radius 3 is 2.36 bits per heavy atom. The molecule has 1 heterocycles. The van der Waals surface area contributed by atoms with Gasteiger partial charge in [-0.25, -0.2) is 4.39 Å². The number of carbonyl (C=O) groups excluding carboxylic acids is 3. The molecule has 1 N–H and O–H groups in total. The van der Waals surface area contributed by atoms with Crippen molar-refractivity contribution in [1.82, 2.24) is 10.2 Å². The minimum Gasteiger partial charge on any atom is -0.494 e. The van der Waals surface area contributed by atoms with Gasteiger partial charge in [0.05, 0.1) is 19.7 Å². The van der Waals surface area contributed by atoms with E-state index in [2.05, 4.69) is 5.32 Å². The van der Waals surface area contributed by atoms with Gasteiger partial charge < -0.3 is 10.1 Å². The molecule has 1 aliphatic heterocycles. The van der Waals surface area contributed by atoms with E-state index >= 15 is 0 Å². The molecule has 0 radical (unpaired) electrons. The van der Waals surface area contributed by atoms with Gasteiger partial charge >= 0.3 is 0 Å². The summed E-state index contributed by atoms with van der Waals surface area (Å²) in [4.78, 5) is 37.1. The summed E-state index contributed by atoms with van der Waals surface area (Å²) in [5.41, 5.74) is 1.82. The summed E-state index contributed by atoms with van der Waals surface area (Å²) >= 11 is 0. The lowest BCUT2D eigenvalue weighted by Gasteiger charge is -2.16. The zero-order chi connectivity index (χ0) is 20.3. The number of hydrogen-bond donors (Lipinski definition) is 1. The van der Waals surface area contributed by atoms with E-state index < -0.39 is 11.9 Å². The Bertz CT molecular complexity index is 895. The quantitative estimate of drug-likeness (QED) is 0.777. The largest absolute Gasteiger partial charge is 0.494 e. The monoisotopic (exact) mass is 384 g/mol. The number of benzene rings is 2. The molecule has 2 aromatic carbocycles. The molecule has 0 bridgehead atoms. The van der Waals surface area contributed by atoms with Gasteiger partial charge in [-0.15, -0.1) is 0 Å². The zero-order valence-corrected chi connectivity index (χ0v) is 15.7. The number of methoxy groups -OCH3 is 1. The third-order valence-electron chi connectivity index (χ3n) is 4.74. The van der Waals surface area contributed by atoms with Crippen LogP contribution < -0.4 is 10.1 Å². The number of ether oxygens (including phenoxy) is 1. The van der Waals surface area contributed by atoms with Crippen LogP contribution in [0.3, 0.4) is 0 Å². The summed E-state index contributed by atoms with van der Waals surface area (Å²) in [5.74, 6) is -0.993. The van der Waals surface area contributed by atoms with Gasteiger partial charge in [-0.2, -0.15) is 0 Å². The van der Waals surface area contributed by atoms with Gasteiger partial charge in [0.25, 0.3) is 5.91 Å². The maximum atomic E-state index is 13.8. The lowest BCUT2D eigenvalue weighted by Crippen LogP contribution is -2.28. The molecule has 0 aliphatic carbocycles. The first-order valence-electron chi connectivity index (χ1n) is 8.95. The predicted octanol–water partition coefficient (Wildman–Crippen LogP) is 2.97. The fraction of sp³-hybridized carbons (Fsp3) is 0.286. The normalized spacial score (nSPS) is 14.9. The number of imide groups is 1. The number of hydrogen-bond acceptors (Lipinski definition) is 4. The number of likely N-dealkylation sites (tertiary alicyclic amines) is 1. The highest BCUT2D eigenvalue weighted by Crippen LogP contribution is 2.22. The highest BCUT2D eigenvalue weighted by atomic mass is 19.1. The Morgan fingerprint density at radius 2 is 1.79 bits per heavy atom. The molecule has 1 saturated heterocycles. The Kier molecular flexibility index (Phi) is 5.73. The molecule has 1 atom stereocenters. The molecule has 2 aromatic rings. The van der Waals surface area contributed by atoms with Crippen LogP contribution in [0.5, 0.6) is 5.75 Å². The van der Waals surface area contributed by atoms with E-state index in [1.807, 2.05) is 0 Å². The van der Waals surface area contributed by atoms with Crippen molar-refractivity contribution in [3.8, 4) is 5.75 Å². The first kappa shape index (κ1) is 19.5. The summed E-state index contributed by atoms with van der Waals surface area (Å²) in [7, 11) is 1.39. The lowest BCUT2D eigenvalue weighted by molar-refractivity contribution is -0.139. The minimum atomic E-state index is -0.489. The molecule has 6 nitrogen and oxygen atoms in total. The van der Waals surface area contributed by atoms with Crippen LogP contribution in [-0.2, 0) is 16.1 Å². The topological polar surface area (TPSA) is 75.7 Å². The molecule has 3 amide bonds. The average molecular weight is 384 g/mol. The molecule has 28 heavy (non-hydrogen) atoms. The number of amides is 3. The van der Waals surface area contributed by atoms with Crippen LogP contribution in [-0.4, -0.2) is 29.7 Å². The van der Waals surface area contributed by atoms with Crippen LogP contribution >= 0.6 is 0 Å². The molecule has 1 aliphatic rings. The van der Waals surface area contributed by atoms with Crippen molar-refractivity contribution in [3.05, 3.63) is 65.0 Å². The number of nitrogens with zero attached hydrogens (tertiary/aromatic N) is 1. The van der Waals surface area contributed by atoms with Crippen molar-refractivity contribution < 1.29 is 23.5 Å². The predicted molar refractivity (Wildman–Crippen MR) is 100 cm³/mol. The number of nitrogens with one attached hydrogen (secondary N) is 1. The Morgan fingerprint density at radius 1 is 1.14 bits per heavy atom. The van der Waals surface area contributed by atoms with E-state index in [4.69, 9.17) is 4.74 Å². The molecular formula is C21H21FN2O4. The van der Waals surface area contributed by atoms with E-state index in [1.165, 1.54) is 24.1 Å². The van der Waals surface area contributed by atoms with Crippen molar-refractivity contribution in [3.63, 3.8) is 0 Å². The van der Waals surface area contributed by atoms with Gasteiger partial charge in [0, 0.05) is 18.4 Å². The Labute approximate surface area is 162 Å². The highest BCUT2D eigenvalue weighted by Gasteiger charge is 2.28. The van der Waals surface area contributed by atoms with E-state index in [1.54, 1.807) is 37.3 Å². The summed E-state index contributed by atoms with van der Waals surface area (Å²) in [6, 6.07) is 10.8. The van der Waals surface area contributed by atoms with Gasteiger partial charge in [0.1, 0.15) is 0 Å². The molecule has 0 unspecified atom stereocenters. The van der Waals surface area contributed by atoms with Gasteiger partial charge in [-0.05, 0) is 42.3 Å². The summed E-state index contributed by atoms with van der Waals surface area (Å²) in [6.45, 7) is 1.97. The highest BCUT2D eigenvalue weighted by molar-refractivity contribution is 6.01. The number of halogens is 1. The Balaban J connectivity index is 1.63. The SMILES string of the molecule is COc1ccc([C@@H](C)NC(=O)c2ccc(CN3C(=O)CCC3=O)cc2)cc1F. The van der Waals surface area contributed by atoms with E-state index in [-0.39, 0.29) is 42.9 Å². The average Bonchev–Trinajstić information content (AvgIpc) is 3.00. The van der Waals surface area contributed by atoms with Crippen molar-refractivity contribution in [2.45, 2.75) is 32.4 Å². The van der Waals surface area contributed by atoms with E-state index in [0.717, 1.165) is 5.56 Å². The van der Waals surface area contributed by atoms with Gasteiger partial charge in [0.15, 0.2) is 11.6 Å². The molecular weight excluding hydrogens is 363 g/mol. The molecule has 7 heteroatoms. The second kappa shape index (κ2) is 8.21.